The standard InChI is InChI=1S/C31H42FN5O6.C26H34FN5O4.C23H26ClFN4O3.C9H18O3.ClH/c1-8-36(9-2)14-15-37(30(41)42-16-10-13-33-29(40)43-31(5,6)7)28(39)26-19(3)25(34-20(26)4)18-23-22-17-21(32)11-12-24(22)35-27(23)38;1-5-31(6-2)11-12-32(26(35)36-13-7-10-28)25(34)23-16(3)22(29-17(23)4)15-20-19-14-18(27)8-9-21(19)30-24(20)33;1-5-28(6-2)9-10-29(23(24)32)22(31)20-13(3)19(26-14(20)4)12-17-16-11-15(25)7-8-18(16)27-21(17)30;1-9(2,3)12-8(11)6-4-5-7-10;/h11-12,17-18,34H,8-10,13-16H2,1-7H3,(H,33,40)(H,35,38);8-9,14-15,29H,5-7,10-13,28H2,1-4H3,(H,30,33);7-8,11-12,26H,5-6,9-10H2,1-4H3,(H,27,30);10H,4-7H2,1-3H3;1H/b23-18-;20-15-;17-12-;;. The number of hydrogen-bond donors (Lipinski definition) is 9. The number of likely N-dealkylation sites (N-methyl/N-ethyl adjacent to an activating group) is 3. The zero-order chi connectivity index (χ0) is 91.5. The Morgan fingerprint density at radius 3 is 1.10 bits per heavy atom. The Morgan fingerprint density at radius 2 is 0.798 bits per heavy atom. The largest absolute Gasteiger partial charge is 0.460 e. The maximum absolute atomic E-state index is 13.9. The van der Waals surface area contributed by atoms with Crippen LogP contribution in [0.2, 0.25) is 0 Å². The summed E-state index contributed by atoms with van der Waals surface area (Å²) in [6.45, 7) is 40.6. The number of carbonyl (C=O) groups is 11. The van der Waals surface area contributed by atoms with E-state index >= 15 is 0 Å². The summed E-state index contributed by atoms with van der Waals surface area (Å²) in [5.74, 6) is -4.20. The number of aryl methyl sites for hydroxylation is 3. The zero-order valence-electron chi connectivity index (χ0n) is 74.2. The van der Waals surface area contributed by atoms with Gasteiger partial charge in [0.25, 0.3) is 35.4 Å². The number of esters is 1. The number of H-pyrrole nitrogens is 3. The van der Waals surface area contributed by atoms with E-state index in [-0.39, 0.29) is 104 Å². The first-order chi connectivity index (χ1) is 58.1. The van der Waals surface area contributed by atoms with Gasteiger partial charge in [0.15, 0.2) is 0 Å². The van der Waals surface area contributed by atoms with Gasteiger partial charge in [-0.25, -0.2) is 37.4 Å². The number of aliphatic hydroxyl groups is 1. The van der Waals surface area contributed by atoms with E-state index in [1.54, 1.807) is 80.5 Å². The third-order valence-electron chi connectivity index (χ3n) is 20.2. The van der Waals surface area contributed by atoms with Crippen LogP contribution in [0, 0.1) is 59.0 Å². The molecule has 0 spiro atoms. The van der Waals surface area contributed by atoms with Gasteiger partial charge in [0, 0.05) is 127 Å². The molecule has 3 aromatic carbocycles. The number of halogens is 5. The number of hydrogen-bond acceptors (Lipinski definition) is 20. The first kappa shape index (κ1) is 104. The summed E-state index contributed by atoms with van der Waals surface area (Å²) in [5, 5.41) is 18.4. The zero-order valence-corrected chi connectivity index (χ0v) is 75.8. The highest BCUT2D eigenvalue weighted by molar-refractivity contribution is 6.64. The molecule has 30 nitrogen and oxygen atoms in total. The van der Waals surface area contributed by atoms with Crippen molar-refractivity contribution in [1.82, 2.24) is 49.7 Å². The van der Waals surface area contributed by atoms with Crippen LogP contribution in [0.25, 0.3) is 34.9 Å². The Morgan fingerprint density at radius 1 is 0.476 bits per heavy atom. The highest BCUT2D eigenvalue weighted by atomic mass is 35.5. The number of amides is 10. The maximum Gasteiger partial charge on any atom is 0.416 e. The Kier molecular flexibility index (Phi) is 40.4. The van der Waals surface area contributed by atoms with E-state index in [0.717, 1.165) is 54.0 Å². The van der Waals surface area contributed by atoms with Crippen molar-refractivity contribution < 1.29 is 90.0 Å². The molecule has 3 aliphatic rings. The molecule has 0 saturated heterocycles. The van der Waals surface area contributed by atoms with Gasteiger partial charge in [-0.15, -0.1) is 12.4 Å². The summed E-state index contributed by atoms with van der Waals surface area (Å²) in [6.07, 6.45) is 5.26. The second-order valence-corrected chi connectivity index (χ2v) is 31.5. The minimum absolute atomic E-state index is 0. The molecule has 0 atom stereocenters. The number of aromatic amines is 3. The van der Waals surface area contributed by atoms with Gasteiger partial charge in [0.05, 0.1) is 46.6 Å². The molecular weight excluding hydrogens is 1650 g/mol. The van der Waals surface area contributed by atoms with Crippen LogP contribution in [0.3, 0.4) is 0 Å². The molecule has 0 aliphatic carbocycles. The third-order valence-corrected chi connectivity index (χ3v) is 20.4. The van der Waals surface area contributed by atoms with E-state index in [0.29, 0.717) is 154 Å². The van der Waals surface area contributed by atoms with Crippen LogP contribution in [0.1, 0.15) is 214 Å². The number of nitrogens with two attached hydrogens (primary N) is 1. The van der Waals surface area contributed by atoms with Gasteiger partial charge >= 0.3 is 29.6 Å². The van der Waals surface area contributed by atoms with E-state index in [9.17, 15) is 65.9 Å². The fraction of sp³-hybridized carbons (Fsp3) is 0.472. The van der Waals surface area contributed by atoms with Gasteiger partial charge < -0.3 is 80.7 Å². The van der Waals surface area contributed by atoms with Gasteiger partial charge in [0.2, 0.25) is 0 Å². The molecule has 10 N–H and O–H groups in total. The molecule has 678 valence electrons. The lowest BCUT2D eigenvalue weighted by atomic mass is 10.0. The topological polar surface area (TPSA) is 386 Å². The predicted molar refractivity (Wildman–Crippen MR) is 476 cm³/mol. The SMILES string of the molecule is CC(C)(C)OC(=O)CCCCO.CCN(CC)CCN(C(=O)Cl)C(=O)c1c(C)[nH]c(/C=C2\C(=O)Nc3ccc(F)cc32)c1C.CCN(CC)CCN(C(=O)OCCCN)C(=O)c1c(C)[nH]c(/C=C2\C(=O)Nc3ccc(F)cc32)c1C.CCN(CC)CCN(C(=O)OCCCNC(=O)OC(C)(C)C)C(=O)c1c(C)[nH]c(/C=C2\C(=O)Nc3ccc(F)cc32)c1C.Cl. The summed E-state index contributed by atoms with van der Waals surface area (Å²) in [5.41, 5.74) is 13.9. The number of benzene rings is 3. The number of ether oxygens (including phenoxy) is 4. The predicted octanol–water partition coefficient (Wildman–Crippen LogP) is 15.0. The van der Waals surface area contributed by atoms with Gasteiger partial charge in [-0.05, 0) is 256 Å². The van der Waals surface area contributed by atoms with E-state index in [1.807, 2.05) is 62.3 Å². The average Bonchev–Trinajstić information content (AvgIpc) is 1.64. The van der Waals surface area contributed by atoms with E-state index in [2.05, 4.69) is 50.9 Å². The van der Waals surface area contributed by atoms with Gasteiger partial charge in [0.1, 0.15) is 28.7 Å². The van der Waals surface area contributed by atoms with Gasteiger partial charge in [-0.3, -0.25) is 43.3 Å². The molecule has 35 heteroatoms. The lowest BCUT2D eigenvalue weighted by Gasteiger charge is -2.25. The first-order valence-corrected chi connectivity index (χ1v) is 41.7. The molecule has 0 radical (unpaired) electrons. The smallest absolute Gasteiger partial charge is 0.416 e. The van der Waals surface area contributed by atoms with Crippen molar-refractivity contribution in [3.05, 3.63) is 156 Å². The summed E-state index contributed by atoms with van der Waals surface area (Å²) >= 11 is 5.73. The van der Waals surface area contributed by atoms with Gasteiger partial charge in [-0.2, -0.15) is 0 Å². The molecule has 3 aromatic heterocycles. The van der Waals surface area contributed by atoms with Crippen LogP contribution in [-0.4, -0.2) is 237 Å². The number of fused-ring (bicyclic) bond motifs is 3. The molecule has 0 unspecified atom stereocenters. The quantitative estimate of drug-likeness (QED) is 0.00473. The molecule has 3 aliphatic heterocycles. The van der Waals surface area contributed by atoms with Gasteiger partial charge in [-0.1, -0.05) is 41.5 Å². The van der Waals surface area contributed by atoms with Crippen LogP contribution in [0.5, 0.6) is 0 Å². The minimum atomic E-state index is -0.846. The lowest BCUT2D eigenvalue weighted by molar-refractivity contribution is -0.155. The Balaban J connectivity index is 0.000000310. The molecule has 9 rings (SSSR count). The van der Waals surface area contributed by atoms with Crippen molar-refractivity contribution in [1.29, 1.82) is 0 Å². The van der Waals surface area contributed by atoms with Crippen LogP contribution in [-0.2, 0) is 38.1 Å². The molecule has 124 heavy (non-hydrogen) atoms. The fourth-order valence-corrected chi connectivity index (χ4v) is 13.7. The van der Waals surface area contributed by atoms with Crippen molar-refractivity contribution in [2.75, 3.05) is 127 Å². The molecule has 6 aromatic rings. The number of imide groups is 3. The number of alkyl carbamates (subject to hydrolysis) is 1. The van der Waals surface area contributed by atoms with E-state index < -0.39 is 70.0 Å². The van der Waals surface area contributed by atoms with Crippen molar-refractivity contribution >= 4 is 141 Å². The Labute approximate surface area is 734 Å². The Hall–Kier alpha value is -10.9. The molecule has 10 amide bonds. The average molecular weight is 1770 g/mol. The summed E-state index contributed by atoms with van der Waals surface area (Å²) < 4.78 is 62.5. The van der Waals surface area contributed by atoms with Crippen LogP contribution in [0.15, 0.2) is 54.6 Å². The fourth-order valence-electron chi connectivity index (χ4n) is 13.5. The van der Waals surface area contributed by atoms with Crippen LogP contribution < -0.4 is 27.0 Å². The van der Waals surface area contributed by atoms with Crippen molar-refractivity contribution in [2.45, 2.75) is 168 Å². The number of nitrogens with zero attached hydrogens (tertiary/aromatic N) is 6. The van der Waals surface area contributed by atoms with E-state index in [1.165, 1.54) is 54.6 Å². The van der Waals surface area contributed by atoms with Crippen LogP contribution >= 0.6 is 24.0 Å². The molecule has 6 heterocycles. The molecule has 0 saturated carbocycles. The summed E-state index contributed by atoms with van der Waals surface area (Å²) in [7, 11) is 0. The molecular formula is C89H121Cl2F3N14O16. The highest BCUT2D eigenvalue weighted by Gasteiger charge is 2.35. The first-order valence-electron chi connectivity index (χ1n) is 41.3. The van der Waals surface area contributed by atoms with Crippen molar-refractivity contribution in [3.8, 4) is 0 Å². The van der Waals surface area contributed by atoms with Crippen molar-refractivity contribution in [3.63, 3.8) is 0 Å². The number of rotatable bonds is 32. The molecule has 0 bridgehead atoms. The van der Waals surface area contributed by atoms with Crippen molar-refractivity contribution in [2.24, 2.45) is 5.73 Å². The second kappa shape index (κ2) is 48.4. The summed E-state index contributed by atoms with van der Waals surface area (Å²) in [4.78, 5) is 158. The minimum Gasteiger partial charge on any atom is -0.460 e. The third kappa shape index (κ3) is 29.1. The maximum atomic E-state index is 13.9. The number of unbranched alkanes of at least 4 members (excludes halogenated alkanes) is 1. The van der Waals surface area contributed by atoms with E-state index in [4.69, 9.17) is 41.4 Å². The number of carbonyl (C=O) groups excluding carboxylic acids is 11. The number of aliphatic hydroxyl groups excluding tert-OH is 1. The van der Waals surface area contributed by atoms with Crippen LogP contribution in [0.4, 0.5) is 49.4 Å². The number of aromatic nitrogens is 3. The number of nitrogens with one attached hydrogen (secondary N) is 7. The number of anilines is 3. The summed E-state index contributed by atoms with van der Waals surface area (Å²) in [6, 6.07) is 12.2. The lowest BCUT2D eigenvalue weighted by Crippen LogP contribution is -2.43. The monoisotopic (exact) mass is 1770 g/mol. The second-order valence-electron chi connectivity index (χ2n) is 31.2. The Bertz CT molecular complexity index is 4890. The normalized spacial score (nSPS) is 13.4. The molecule has 0 fully saturated rings. The highest BCUT2D eigenvalue weighted by Crippen LogP contribution is 2.38.